The smallest absolute Gasteiger partial charge is 0.258 e. The molecule has 2 heterocycles. The molecule has 5 nitrogen and oxygen atoms in total. The van der Waals surface area contributed by atoms with E-state index >= 15 is 0 Å². The Hall–Kier alpha value is -2.99. The van der Waals surface area contributed by atoms with Gasteiger partial charge in [-0.3, -0.25) is 4.79 Å². The minimum absolute atomic E-state index is 0.0869. The van der Waals surface area contributed by atoms with Gasteiger partial charge in [-0.05, 0) is 54.1 Å². The van der Waals surface area contributed by atoms with Crippen LogP contribution in [0.3, 0.4) is 0 Å². The van der Waals surface area contributed by atoms with Crippen molar-refractivity contribution in [1.29, 1.82) is 0 Å². The van der Waals surface area contributed by atoms with Gasteiger partial charge in [0, 0.05) is 16.6 Å². The molecule has 1 aliphatic carbocycles. The van der Waals surface area contributed by atoms with Crippen LogP contribution >= 0.6 is 11.3 Å². The monoisotopic (exact) mass is 406 g/mol. The second kappa shape index (κ2) is 7.44. The van der Waals surface area contributed by atoms with E-state index in [4.69, 9.17) is 9.47 Å². The quantitative estimate of drug-likeness (QED) is 0.621. The second-order valence-corrected chi connectivity index (χ2v) is 8.35. The molecule has 0 spiro atoms. The Bertz CT molecular complexity index is 1030. The van der Waals surface area contributed by atoms with E-state index in [1.54, 1.807) is 18.4 Å². The van der Waals surface area contributed by atoms with Gasteiger partial charge in [-0.15, -0.1) is 11.3 Å². The number of fused-ring (bicyclic) bond motifs is 1. The van der Waals surface area contributed by atoms with E-state index in [9.17, 15) is 4.79 Å². The Kier molecular flexibility index (Phi) is 4.64. The predicted molar refractivity (Wildman–Crippen MR) is 114 cm³/mol. The average Bonchev–Trinajstić information content (AvgIpc) is 3.46. The summed E-state index contributed by atoms with van der Waals surface area (Å²) in [7, 11) is 1.64. The molecule has 29 heavy (non-hydrogen) atoms. The van der Waals surface area contributed by atoms with Crippen LogP contribution in [0, 0.1) is 0 Å². The Morgan fingerprint density at radius 2 is 1.97 bits per heavy atom. The van der Waals surface area contributed by atoms with Crippen molar-refractivity contribution in [2.75, 3.05) is 12.4 Å². The van der Waals surface area contributed by atoms with Crippen molar-refractivity contribution in [2.45, 2.75) is 31.7 Å². The number of para-hydroxylation sites is 1. The largest absolute Gasteiger partial charge is 0.493 e. The summed E-state index contributed by atoms with van der Waals surface area (Å²) in [5, 5.41) is 5.59. The number of amides is 1. The van der Waals surface area contributed by atoms with Crippen molar-refractivity contribution < 1.29 is 14.3 Å². The highest BCUT2D eigenvalue weighted by molar-refractivity contribution is 7.09. The highest BCUT2D eigenvalue weighted by atomic mass is 32.1. The molecule has 1 amide bonds. The molecule has 0 unspecified atom stereocenters. The summed E-state index contributed by atoms with van der Waals surface area (Å²) in [4.78, 5) is 16.3. The highest BCUT2D eigenvalue weighted by Gasteiger charge is 2.42. The molecule has 148 valence electrons. The minimum Gasteiger partial charge on any atom is -0.493 e. The maximum Gasteiger partial charge on any atom is 0.258 e. The molecule has 1 fully saturated rings. The maximum absolute atomic E-state index is 13.2. The maximum atomic E-state index is 13.2. The lowest BCUT2D eigenvalue weighted by molar-refractivity contribution is 0.0666. The zero-order valence-corrected chi connectivity index (χ0v) is 16.9. The zero-order valence-electron chi connectivity index (χ0n) is 16.1. The number of benzene rings is 2. The molecule has 1 saturated carbocycles. The number of hydrogen-bond acceptors (Lipinski definition) is 5. The van der Waals surface area contributed by atoms with Crippen LogP contribution in [-0.2, 0) is 6.61 Å². The van der Waals surface area contributed by atoms with Gasteiger partial charge in [0.15, 0.2) is 11.5 Å². The van der Waals surface area contributed by atoms with Gasteiger partial charge in [0.25, 0.3) is 5.91 Å². The average molecular weight is 407 g/mol. The zero-order chi connectivity index (χ0) is 19.8. The number of methoxy groups -OCH3 is 1. The molecule has 3 aromatic rings. The number of ether oxygens (including phenoxy) is 2. The van der Waals surface area contributed by atoms with Gasteiger partial charge in [0.2, 0.25) is 0 Å². The Morgan fingerprint density at radius 1 is 1.10 bits per heavy atom. The summed E-state index contributed by atoms with van der Waals surface area (Å²) >= 11 is 1.67. The molecule has 0 saturated heterocycles. The fraction of sp³-hybridized carbons (Fsp3) is 0.261. The summed E-state index contributed by atoms with van der Waals surface area (Å²) in [6, 6.07) is 18.0. The summed E-state index contributed by atoms with van der Waals surface area (Å²) in [5.74, 6) is 1.46. The van der Waals surface area contributed by atoms with Crippen LogP contribution in [0.15, 0.2) is 60.0 Å². The first-order valence-electron chi connectivity index (χ1n) is 9.76. The molecule has 2 aliphatic rings. The van der Waals surface area contributed by atoms with E-state index < -0.39 is 0 Å². The fourth-order valence-corrected chi connectivity index (χ4v) is 4.38. The lowest BCUT2D eigenvalue weighted by Gasteiger charge is -2.38. The summed E-state index contributed by atoms with van der Waals surface area (Å²) in [5.41, 5.74) is 2.59. The van der Waals surface area contributed by atoms with Crippen LogP contribution in [0.5, 0.6) is 11.5 Å². The molecule has 0 bridgehead atoms. The van der Waals surface area contributed by atoms with Crippen molar-refractivity contribution in [2.24, 2.45) is 0 Å². The second-order valence-electron chi connectivity index (χ2n) is 7.31. The van der Waals surface area contributed by atoms with Gasteiger partial charge >= 0.3 is 0 Å². The molecule has 1 aromatic heterocycles. The third-order valence-electron chi connectivity index (χ3n) is 5.36. The molecule has 1 N–H and O–H groups in total. The molecular weight excluding hydrogens is 384 g/mol. The number of carbonyl (C=O) groups excluding carboxylic acids is 1. The third kappa shape index (κ3) is 3.44. The normalized spacial score (nSPS) is 18.2. The fourth-order valence-electron chi connectivity index (χ4n) is 3.76. The molecule has 2 aromatic carbocycles. The number of nitrogens with one attached hydrogen (secondary N) is 1. The van der Waals surface area contributed by atoms with Gasteiger partial charge in [0.05, 0.1) is 12.7 Å². The standard InChI is InChI=1S/C23H22N2O3S/c1-27-21-13-15(8-11-20(21)28-14-17-5-4-12-29-17)22-24-19-7-3-2-6-18(19)23(26)25(22)16-9-10-16/h2-8,11-13,16,22,24H,9-10,14H2,1H3/t22-/m0/s1. The van der Waals surface area contributed by atoms with Gasteiger partial charge in [0.1, 0.15) is 12.8 Å². The molecule has 0 radical (unpaired) electrons. The van der Waals surface area contributed by atoms with Crippen molar-refractivity contribution in [3.63, 3.8) is 0 Å². The Morgan fingerprint density at radius 3 is 2.72 bits per heavy atom. The van der Waals surface area contributed by atoms with E-state index in [2.05, 4.69) is 5.32 Å². The van der Waals surface area contributed by atoms with Crippen LogP contribution in [0.4, 0.5) is 5.69 Å². The van der Waals surface area contributed by atoms with Crippen molar-refractivity contribution in [3.05, 3.63) is 76.0 Å². The molecular formula is C23H22N2O3S. The third-order valence-corrected chi connectivity index (χ3v) is 6.21. The van der Waals surface area contributed by atoms with E-state index in [-0.39, 0.29) is 18.1 Å². The van der Waals surface area contributed by atoms with E-state index in [1.807, 2.05) is 64.9 Å². The van der Waals surface area contributed by atoms with Gasteiger partial charge in [-0.25, -0.2) is 0 Å². The molecule has 5 rings (SSSR count). The minimum atomic E-state index is -0.217. The predicted octanol–water partition coefficient (Wildman–Crippen LogP) is 5.06. The lowest BCUT2D eigenvalue weighted by Crippen LogP contribution is -2.44. The number of thiophene rings is 1. The molecule has 1 atom stereocenters. The van der Waals surface area contributed by atoms with E-state index in [0.29, 0.717) is 18.1 Å². The lowest BCUT2D eigenvalue weighted by atomic mass is 10.0. The van der Waals surface area contributed by atoms with E-state index in [1.165, 1.54) is 0 Å². The van der Waals surface area contributed by atoms with Gasteiger partial charge in [-0.2, -0.15) is 0 Å². The first kappa shape index (κ1) is 18.1. The van der Waals surface area contributed by atoms with Crippen LogP contribution < -0.4 is 14.8 Å². The first-order chi connectivity index (χ1) is 14.2. The Labute approximate surface area is 173 Å². The molecule has 6 heteroatoms. The number of anilines is 1. The number of carbonyl (C=O) groups is 1. The van der Waals surface area contributed by atoms with Crippen LogP contribution in [-0.4, -0.2) is 24.0 Å². The summed E-state index contributed by atoms with van der Waals surface area (Å²) in [6.07, 6.45) is 1.88. The first-order valence-corrected chi connectivity index (χ1v) is 10.6. The topological polar surface area (TPSA) is 50.8 Å². The number of rotatable bonds is 6. The Balaban J connectivity index is 1.45. The summed E-state index contributed by atoms with van der Waals surface area (Å²) < 4.78 is 11.6. The van der Waals surface area contributed by atoms with Gasteiger partial charge in [-0.1, -0.05) is 24.3 Å². The number of nitrogens with zero attached hydrogens (tertiary/aromatic N) is 1. The van der Waals surface area contributed by atoms with Crippen LogP contribution in [0.25, 0.3) is 0 Å². The highest BCUT2D eigenvalue weighted by Crippen LogP contribution is 2.42. The van der Waals surface area contributed by atoms with Crippen LogP contribution in [0.1, 0.15) is 39.8 Å². The van der Waals surface area contributed by atoms with Crippen molar-refractivity contribution in [3.8, 4) is 11.5 Å². The number of hydrogen-bond donors (Lipinski definition) is 1. The van der Waals surface area contributed by atoms with Gasteiger partial charge < -0.3 is 19.7 Å². The van der Waals surface area contributed by atoms with Crippen molar-refractivity contribution >= 4 is 22.9 Å². The van der Waals surface area contributed by atoms with E-state index in [0.717, 1.165) is 34.5 Å². The van der Waals surface area contributed by atoms with Crippen LogP contribution in [0.2, 0.25) is 0 Å². The molecule has 1 aliphatic heterocycles. The SMILES string of the molecule is COc1cc([C@H]2Nc3ccccc3C(=O)N2C2CC2)ccc1OCc1cccs1. The van der Waals surface area contributed by atoms with Crippen molar-refractivity contribution in [1.82, 2.24) is 4.90 Å². The summed E-state index contributed by atoms with van der Waals surface area (Å²) in [6.45, 7) is 0.509.